The highest BCUT2D eigenvalue weighted by atomic mass is 16.5. The number of aryl methyl sites for hydroxylation is 1. The molecule has 2 aromatic rings. The third-order valence-electron chi connectivity index (χ3n) is 2.10. The fourth-order valence-electron chi connectivity index (χ4n) is 1.41. The maximum Gasteiger partial charge on any atom is 0.248 e. The van der Waals surface area contributed by atoms with E-state index in [1.165, 1.54) is 0 Å². The van der Waals surface area contributed by atoms with Gasteiger partial charge >= 0.3 is 0 Å². The van der Waals surface area contributed by atoms with Crippen LogP contribution in [0.15, 0.2) is 29.0 Å². The van der Waals surface area contributed by atoms with Crippen LogP contribution in [0.5, 0.6) is 0 Å². The van der Waals surface area contributed by atoms with Gasteiger partial charge in [-0.25, -0.2) is 0 Å². The molecule has 2 aromatic heterocycles. The quantitative estimate of drug-likeness (QED) is 0.810. The third kappa shape index (κ3) is 2.02. The summed E-state index contributed by atoms with van der Waals surface area (Å²) in [5.41, 5.74) is 1.00. The molecule has 0 aliphatic rings. The molecule has 1 N–H and O–H groups in total. The summed E-state index contributed by atoms with van der Waals surface area (Å²) < 4.78 is 5.12. The molecular formula is C10H12N4O. The van der Waals surface area contributed by atoms with Crippen molar-refractivity contribution in [2.45, 2.75) is 13.0 Å². The largest absolute Gasteiger partial charge is 0.337 e. The van der Waals surface area contributed by atoms with Crippen LogP contribution in [0.2, 0.25) is 0 Å². The van der Waals surface area contributed by atoms with Gasteiger partial charge in [-0.2, -0.15) is 4.98 Å². The summed E-state index contributed by atoms with van der Waals surface area (Å²) in [6.45, 7) is 1.79. The molecule has 5 nitrogen and oxygen atoms in total. The summed E-state index contributed by atoms with van der Waals surface area (Å²) in [7, 11) is 1.84. The number of hydrogen-bond donors (Lipinski definition) is 1. The van der Waals surface area contributed by atoms with Gasteiger partial charge in [-0.1, -0.05) is 11.2 Å². The maximum atomic E-state index is 5.12. The van der Waals surface area contributed by atoms with Crippen LogP contribution < -0.4 is 5.32 Å². The van der Waals surface area contributed by atoms with Crippen LogP contribution in [-0.2, 0) is 0 Å². The zero-order valence-corrected chi connectivity index (χ0v) is 8.64. The lowest BCUT2D eigenvalue weighted by atomic mass is 10.1. The number of hydrogen-bond acceptors (Lipinski definition) is 5. The van der Waals surface area contributed by atoms with E-state index >= 15 is 0 Å². The van der Waals surface area contributed by atoms with Crippen LogP contribution >= 0.6 is 0 Å². The smallest absolute Gasteiger partial charge is 0.248 e. The van der Waals surface area contributed by atoms with E-state index in [0.717, 1.165) is 5.56 Å². The van der Waals surface area contributed by atoms with Crippen LogP contribution in [0.25, 0.3) is 0 Å². The molecule has 0 aromatic carbocycles. The summed E-state index contributed by atoms with van der Waals surface area (Å²) in [5.74, 6) is 1.19. The van der Waals surface area contributed by atoms with Crippen molar-refractivity contribution in [1.82, 2.24) is 20.4 Å². The number of pyridine rings is 1. The third-order valence-corrected chi connectivity index (χ3v) is 2.10. The molecule has 1 atom stereocenters. The van der Waals surface area contributed by atoms with E-state index in [9.17, 15) is 0 Å². The Morgan fingerprint density at radius 3 is 2.87 bits per heavy atom. The van der Waals surface area contributed by atoms with Gasteiger partial charge in [-0.05, 0) is 25.6 Å². The minimum atomic E-state index is -0.0973. The first-order chi connectivity index (χ1) is 7.31. The molecule has 2 rings (SSSR count). The zero-order valence-electron chi connectivity index (χ0n) is 8.64. The summed E-state index contributed by atoms with van der Waals surface area (Å²) in [5, 5.41) is 6.88. The lowest BCUT2D eigenvalue weighted by Crippen LogP contribution is -2.18. The average Bonchev–Trinajstić information content (AvgIpc) is 2.68. The van der Waals surface area contributed by atoms with Gasteiger partial charge in [0.1, 0.15) is 6.04 Å². The van der Waals surface area contributed by atoms with Crippen LogP contribution in [0.4, 0.5) is 0 Å². The minimum Gasteiger partial charge on any atom is -0.337 e. The number of nitrogens with one attached hydrogen (secondary N) is 1. The number of nitrogens with zero attached hydrogens (tertiary/aromatic N) is 3. The van der Waals surface area contributed by atoms with Gasteiger partial charge in [-0.15, -0.1) is 0 Å². The lowest BCUT2D eigenvalue weighted by molar-refractivity contribution is 0.351. The molecule has 0 spiro atoms. The Bertz CT molecular complexity index is 426. The fraction of sp³-hybridized carbons (Fsp3) is 0.300. The Morgan fingerprint density at radius 1 is 1.47 bits per heavy atom. The molecule has 0 saturated heterocycles. The SMILES string of the molecule is CN[C@H](c1cccnc1)c1nc(C)no1. The standard InChI is InChI=1S/C10H12N4O/c1-7-13-10(15-14-7)9(11-2)8-4-3-5-12-6-8/h3-6,9,11H,1-2H3/t9-/m1/s1. The second-order valence-corrected chi connectivity index (χ2v) is 3.19. The Balaban J connectivity index is 2.33. The van der Waals surface area contributed by atoms with E-state index in [1.807, 2.05) is 19.2 Å². The Labute approximate surface area is 87.5 Å². The van der Waals surface area contributed by atoms with Crippen molar-refractivity contribution in [2.75, 3.05) is 7.05 Å². The molecule has 5 heteroatoms. The van der Waals surface area contributed by atoms with Crippen LogP contribution in [0, 0.1) is 6.92 Å². The molecule has 0 bridgehead atoms. The van der Waals surface area contributed by atoms with Gasteiger partial charge in [-0.3, -0.25) is 4.98 Å². The van der Waals surface area contributed by atoms with E-state index in [-0.39, 0.29) is 6.04 Å². The van der Waals surface area contributed by atoms with Gasteiger partial charge < -0.3 is 9.84 Å². The highest BCUT2D eigenvalue weighted by molar-refractivity contribution is 5.19. The molecule has 0 radical (unpaired) electrons. The van der Waals surface area contributed by atoms with Gasteiger partial charge in [0.15, 0.2) is 5.82 Å². The molecule has 78 valence electrons. The molecule has 0 aliphatic carbocycles. The maximum absolute atomic E-state index is 5.12. The average molecular weight is 204 g/mol. The van der Waals surface area contributed by atoms with Crippen LogP contribution in [0.1, 0.15) is 23.3 Å². The van der Waals surface area contributed by atoms with E-state index in [1.54, 1.807) is 19.3 Å². The molecular weight excluding hydrogens is 192 g/mol. The van der Waals surface area contributed by atoms with E-state index in [0.29, 0.717) is 11.7 Å². The highest BCUT2D eigenvalue weighted by Crippen LogP contribution is 2.18. The van der Waals surface area contributed by atoms with Crippen molar-refractivity contribution in [1.29, 1.82) is 0 Å². The van der Waals surface area contributed by atoms with Crippen molar-refractivity contribution < 1.29 is 4.52 Å². The first-order valence-corrected chi connectivity index (χ1v) is 4.68. The first-order valence-electron chi connectivity index (χ1n) is 4.68. The van der Waals surface area contributed by atoms with Gasteiger partial charge in [0.25, 0.3) is 0 Å². The summed E-state index contributed by atoms with van der Waals surface area (Å²) in [6.07, 6.45) is 3.51. The summed E-state index contributed by atoms with van der Waals surface area (Å²) in [4.78, 5) is 8.25. The van der Waals surface area contributed by atoms with E-state index < -0.39 is 0 Å². The van der Waals surface area contributed by atoms with Crippen molar-refractivity contribution >= 4 is 0 Å². The Hall–Kier alpha value is -1.75. The highest BCUT2D eigenvalue weighted by Gasteiger charge is 2.18. The minimum absolute atomic E-state index is 0.0973. The van der Waals surface area contributed by atoms with Crippen LogP contribution in [-0.4, -0.2) is 22.2 Å². The second-order valence-electron chi connectivity index (χ2n) is 3.19. The van der Waals surface area contributed by atoms with Gasteiger partial charge in [0, 0.05) is 12.4 Å². The Morgan fingerprint density at radius 2 is 2.33 bits per heavy atom. The van der Waals surface area contributed by atoms with E-state index in [2.05, 4.69) is 20.4 Å². The first kappa shape index (κ1) is 9.79. The molecule has 15 heavy (non-hydrogen) atoms. The summed E-state index contributed by atoms with van der Waals surface area (Å²) >= 11 is 0. The molecule has 0 amide bonds. The molecule has 0 fully saturated rings. The van der Waals surface area contributed by atoms with Crippen molar-refractivity contribution in [3.8, 4) is 0 Å². The number of rotatable bonds is 3. The number of aromatic nitrogens is 3. The molecule has 0 saturated carbocycles. The topological polar surface area (TPSA) is 63.8 Å². The van der Waals surface area contributed by atoms with Crippen LogP contribution in [0.3, 0.4) is 0 Å². The van der Waals surface area contributed by atoms with Crippen molar-refractivity contribution in [3.05, 3.63) is 41.8 Å². The van der Waals surface area contributed by atoms with Crippen molar-refractivity contribution in [3.63, 3.8) is 0 Å². The normalized spacial score (nSPS) is 12.7. The molecule has 2 heterocycles. The summed E-state index contributed by atoms with van der Waals surface area (Å²) in [6, 6.07) is 3.75. The molecule has 0 aliphatic heterocycles. The predicted molar refractivity (Wildman–Crippen MR) is 54.2 cm³/mol. The zero-order chi connectivity index (χ0) is 10.7. The molecule has 0 unspecified atom stereocenters. The van der Waals surface area contributed by atoms with Gasteiger partial charge in [0.05, 0.1) is 0 Å². The predicted octanol–water partition coefficient (Wildman–Crippen LogP) is 1.08. The lowest BCUT2D eigenvalue weighted by Gasteiger charge is -2.10. The van der Waals surface area contributed by atoms with Crippen molar-refractivity contribution in [2.24, 2.45) is 0 Å². The monoisotopic (exact) mass is 204 g/mol. The fourth-order valence-corrected chi connectivity index (χ4v) is 1.41. The van der Waals surface area contributed by atoms with Gasteiger partial charge in [0.2, 0.25) is 5.89 Å². The van der Waals surface area contributed by atoms with E-state index in [4.69, 9.17) is 4.52 Å². The second kappa shape index (κ2) is 4.18. The Kier molecular flexibility index (Phi) is 2.73.